The minimum absolute atomic E-state index is 0.0969. The number of rotatable bonds is 3. The maximum Gasteiger partial charge on any atom is 0.326 e. The van der Waals surface area contributed by atoms with Crippen molar-refractivity contribution in [2.75, 3.05) is 16.9 Å². The van der Waals surface area contributed by atoms with E-state index in [-0.39, 0.29) is 11.6 Å². The Morgan fingerprint density at radius 1 is 1.39 bits per heavy atom. The monoisotopic (exact) mass is 267 g/mol. The van der Waals surface area contributed by atoms with Crippen LogP contribution in [0.5, 0.6) is 0 Å². The molecule has 18 heavy (non-hydrogen) atoms. The molecule has 2 amide bonds. The zero-order valence-electron chi connectivity index (χ0n) is 9.40. The van der Waals surface area contributed by atoms with Crippen LogP contribution in [0.15, 0.2) is 29.4 Å². The van der Waals surface area contributed by atoms with Crippen LogP contribution in [0, 0.1) is 5.82 Å². The summed E-state index contributed by atoms with van der Waals surface area (Å²) in [4.78, 5) is 15.5. The van der Waals surface area contributed by atoms with Crippen LogP contribution in [0.2, 0.25) is 0 Å². The number of para-hydroxylation sites is 1. The van der Waals surface area contributed by atoms with Gasteiger partial charge in [-0.3, -0.25) is 5.32 Å². The van der Waals surface area contributed by atoms with Crippen molar-refractivity contribution in [1.29, 1.82) is 0 Å². The van der Waals surface area contributed by atoms with Gasteiger partial charge in [0.1, 0.15) is 5.82 Å². The number of benzene rings is 1. The minimum Gasteiger partial charge on any atom is -0.305 e. The highest BCUT2D eigenvalue weighted by molar-refractivity contribution is 7.98. The van der Waals surface area contributed by atoms with Crippen LogP contribution in [0.25, 0.3) is 0 Å². The molecule has 6 nitrogen and oxygen atoms in total. The number of urea groups is 1. The molecular formula is C10H10FN5OS. The molecule has 0 aliphatic carbocycles. The number of carbonyl (C=O) groups excluding carboxylic acids is 1. The third-order valence-corrected chi connectivity index (χ3v) is 2.55. The molecule has 2 aromatic rings. The fourth-order valence-electron chi connectivity index (χ4n) is 1.22. The molecule has 0 radical (unpaired) electrons. The maximum absolute atomic E-state index is 13.3. The third-order valence-electron chi connectivity index (χ3n) is 2.00. The number of hydrogen-bond donors (Lipinski definition) is 3. The summed E-state index contributed by atoms with van der Waals surface area (Å²) in [7, 11) is 0. The molecule has 3 N–H and O–H groups in total. The van der Waals surface area contributed by atoms with E-state index in [1.54, 1.807) is 12.1 Å². The van der Waals surface area contributed by atoms with Gasteiger partial charge in [0.05, 0.1) is 5.69 Å². The summed E-state index contributed by atoms with van der Waals surface area (Å²) in [6.45, 7) is 0. The number of carbonyl (C=O) groups is 1. The lowest BCUT2D eigenvalue weighted by Gasteiger charge is -2.05. The first-order valence-electron chi connectivity index (χ1n) is 4.98. The van der Waals surface area contributed by atoms with Crippen molar-refractivity contribution in [3.8, 4) is 0 Å². The van der Waals surface area contributed by atoms with E-state index in [0.29, 0.717) is 5.16 Å². The van der Waals surface area contributed by atoms with Crippen LogP contribution in [-0.2, 0) is 0 Å². The maximum atomic E-state index is 13.3. The number of nitrogens with zero attached hydrogens (tertiary/aromatic N) is 2. The summed E-state index contributed by atoms with van der Waals surface area (Å²) in [6, 6.07) is 5.29. The van der Waals surface area contributed by atoms with E-state index >= 15 is 0 Å². The van der Waals surface area contributed by atoms with Crippen LogP contribution < -0.4 is 10.6 Å². The van der Waals surface area contributed by atoms with Crippen LogP contribution in [-0.4, -0.2) is 27.5 Å². The third kappa shape index (κ3) is 2.98. The van der Waals surface area contributed by atoms with Gasteiger partial charge in [-0.25, -0.2) is 14.3 Å². The van der Waals surface area contributed by atoms with Gasteiger partial charge in [-0.15, -0.1) is 5.10 Å². The summed E-state index contributed by atoms with van der Waals surface area (Å²) in [5.74, 6) is -0.303. The first kappa shape index (κ1) is 12.4. The molecule has 0 atom stereocenters. The number of anilines is 2. The highest BCUT2D eigenvalue weighted by atomic mass is 32.2. The Hall–Kier alpha value is -2.09. The second-order valence-electron chi connectivity index (χ2n) is 3.23. The summed E-state index contributed by atoms with van der Waals surface area (Å²) in [5, 5.41) is 11.7. The normalized spacial score (nSPS) is 10.1. The van der Waals surface area contributed by atoms with Gasteiger partial charge >= 0.3 is 6.03 Å². The zero-order chi connectivity index (χ0) is 13.0. The van der Waals surface area contributed by atoms with E-state index in [0.717, 1.165) is 0 Å². The summed E-state index contributed by atoms with van der Waals surface area (Å²) >= 11 is 1.34. The Bertz CT molecular complexity index is 559. The Morgan fingerprint density at radius 2 is 2.17 bits per heavy atom. The molecule has 94 valence electrons. The van der Waals surface area contributed by atoms with Gasteiger partial charge in [-0.1, -0.05) is 23.9 Å². The van der Waals surface area contributed by atoms with Gasteiger partial charge in [0.2, 0.25) is 11.1 Å². The molecular weight excluding hydrogens is 257 g/mol. The molecule has 0 fully saturated rings. The zero-order valence-corrected chi connectivity index (χ0v) is 10.2. The topological polar surface area (TPSA) is 82.7 Å². The predicted octanol–water partition coefficient (Wildman–Crippen LogP) is 2.31. The second-order valence-corrected chi connectivity index (χ2v) is 4.00. The number of aromatic nitrogens is 3. The van der Waals surface area contributed by atoms with Crippen molar-refractivity contribution >= 4 is 29.4 Å². The molecule has 1 aromatic carbocycles. The van der Waals surface area contributed by atoms with E-state index in [1.807, 2.05) is 6.26 Å². The Balaban J connectivity index is 1.99. The summed E-state index contributed by atoms with van der Waals surface area (Å²) < 4.78 is 13.3. The Morgan fingerprint density at radius 3 is 2.83 bits per heavy atom. The molecule has 0 aliphatic heterocycles. The molecule has 8 heteroatoms. The minimum atomic E-state index is -0.594. The molecule has 2 rings (SSSR count). The summed E-state index contributed by atoms with van der Waals surface area (Å²) in [5.41, 5.74) is 0.0969. The van der Waals surface area contributed by atoms with Crippen LogP contribution in [0.1, 0.15) is 0 Å². The fourth-order valence-corrected chi connectivity index (χ4v) is 1.54. The van der Waals surface area contributed by atoms with Gasteiger partial charge < -0.3 is 5.32 Å². The Labute approximate surface area is 106 Å². The lowest BCUT2D eigenvalue weighted by molar-refractivity contribution is 0.262. The van der Waals surface area contributed by atoms with E-state index in [1.165, 1.54) is 23.9 Å². The van der Waals surface area contributed by atoms with Crippen molar-refractivity contribution in [2.45, 2.75) is 5.16 Å². The van der Waals surface area contributed by atoms with Gasteiger partial charge in [0.15, 0.2) is 0 Å². The van der Waals surface area contributed by atoms with Crippen molar-refractivity contribution in [1.82, 2.24) is 15.2 Å². The average molecular weight is 267 g/mol. The quantitative estimate of drug-likeness (QED) is 0.745. The molecule has 0 saturated heterocycles. The van der Waals surface area contributed by atoms with Crippen molar-refractivity contribution in [3.63, 3.8) is 0 Å². The van der Waals surface area contributed by atoms with E-state index in [9.17, 15) is 9.18 Å². The number of thioether (sulfide) groups is 1. The number of amides is 2. The van der Waals surface area contributed by atoms with Gasteiger partial charge in [0.25, 0.3) is 0 Å². The van der Waals surface area contributed by atoms with Gasteiger partial charge in [-0.2, -0.15) is 4.98 Å². The van der Waals surface area contributed by atoms with Gasteiger partial charge in [0, 0.05) is 0 Å². The first-order chi connectivity index (χ1) is 8.69. The van der Waals surface area contributed by atoms with Crippen molar-refractivity contribution in [3.05, 3.63) is 30.1 Å². The van der Waals surface area contributed by atoms with Crippen LogP contribution in [0.3, 0.4) is 0 Å². The van der Waals surface area contributed by atoms with Crippen LogP contribution in [0.4, 0.5) is 20.8 Å². The first-order valence-corrected chi connectivity index (χ1v) is 6.20. The Kier molecular flexibility index (Phi) is 3.78. The molecule has 0 saturated carbocycles. The number of halogens is 1. The highest BCUT2D eigenvalue weighted by Gasteiger charge is 2.08. The number of aromatic amines is 1. The number of H-pyrrole nitrogens is 1. The fraction of sp³-hybridized carbons (Fsp3) is 0.100. The second kappa shape index (κ2) is 5.50. The predicted molar refractivity (Wildman–Crippen MR) is 67.2 cm³/mol. The van der Waals surface area contributed by atoms with E-state index < -0.39 is 11.8 Å². The molecule has 1 aromatic heterocycles. The van der Waals surface area contributed by atoms with Crippen molar-refractivity contribution in [2.24, 2.45) is 0 Å². The van der Waals surface area contributed by atoms with Crippen molar-refractivity contribution < 1.29 is 9.18 Å². The smallest absolute Gasteiger partial charge is 0.305 e. The SMILES string of the molecule is CSc1n[nH]c(NC(=O)Nc2ccccc2F)n1. The number of nitrogens with one attached hydrogen (secondary N) is 3. The largest absolute Gasteiger partial charge is 0.326 e. The molecule has 0 aliphatic rings. The van der Waals surface area contributed by atoms with Crippen LogP contribution >= 0.6 is 11.8 Å². The highest BCUT2D eigenvalue weighted by Crippen LogP contribution is 2.13. The molecule has 0 spiro atoms. The van der Waals surface area contributed by atoms with E-state index in [4.69, 9.17) is 0 Å². The molecule has 1 heterocycles. The summed E-state index contributed by atoms with van der Waals surface area (Å²) in [6.07, 6.45) is 1.81. The number of hydrogen-bond acceptors (Lipinski definition) is 4. The lowest BCUT2D eigenvalue weighted by Crippen LogP contribution is -2.20. The average Bonchev–Trinajstić information content (AvgIpc) is 2.80. The standard InChI is InChI=1S/C10H10FN5OS/c1-18-10-14-8(15-16-10)13-9(17)12-7-5-3-2-4-6(7)11/h2-5H,1H3,(H3,12,13,14,15,16,17). The molecule has 0 unspecified atom stereocenters. The molecule has 0 bridgehead atoms. The lowest BCUT2D eigenvalue weighted by atomic mass is 10.3. The van der Waals surface area contributed by atoms with Gasteiger partial charge in [-0.05, 0) is 18.4 Å². The van der Waals surface area contributed by atoms with E-state index in [2.05, 4.69) is 25.8 Å².